The summed E-state index contributed by atoms with van der Waals surface area (Å²) in [6.07, 6.45) is 1.60. The molecule has 1 rings (SSSR count). The van der Waals surface area contributed by atoms with Crippen LogP contribution in [-0.4, -0.2) is 39.3 Å². The Kier molecular flexibility index (Phi) is 12.5. The van der Waals surface area contributed by atoms with Crippen LogP contribution in [0.25, 0.3) is 0 Å². The van der Waals surface area contributed by atoms with Crippen LogP contribution in [0.4, 0.5) is 4.39 Å². The summed E-state index contributed by atoms with van der Waals surface area (Å²) in [4.78, 5) is 4.44. The van der Waals surface area contributed by atoms with E-state index in [1.807, 2.05) is 6.92 Å². The minimum Gasteiger partial charge on any atom is -0.385 e. The first-order chi connectivity index (χ1) is 10.2. The van der Waals surface area contributed by atoms with Crippen molar-refractivity contribution in [2.75, 3.05) is 33.4 Å². The summed E-state index contributed by atoms with van der Waals surface area (Å²) in [6, 6.07) is 4.47. The molecule has 2 N–H and O–H groups in total. The predicted octanol–water partition coefficient (Wildman–Crippen LogP) is 3.23. The Balaban J connectivity index is 0.00000441. The number of nitrogens with zero attached hydrogens (tertiary/aromatic N) is 1. The Morgan fingerprint density at radius 1 is 1.36 bits per heavy atom. The molecule has 0 aliphatic heterocycles. The first-order valence-corrected chi connectivity index (χ1v) is 7.50. The third-order valence-electron chi connectivity index (χ3n) is 2.82. The van der Waals surface area contributed by atoms with Gasteiger partial charge in [0.25, 0.3) is 0 Å². The lowest BCUT2D eigenvalue weighted by molar-refractivity contribution is 0.197. The average molecular weight is 444 g/mol. The summed E-state index contributed by atoms with van der Waals surface area (Å²) in [5.41, 5.74) is 0.917. The van der Waals surface area contributed by atoms with Crippen LogP contribution < -0.4 is 10.6 Å². The minimum atomic E-state index is -0.315. The molecule has 1 aromatic rings. The van der Waals surface area contributed by atoms with Gasteiger partial charge >= 0.3 is 0 Å². The van der Waals surface area contributed by atoms with E-state index in [1.165, 1.54) is 12.1 Å². The number of hydrogen-bond acceptors (Lipinski definition) is 2. The number of rotatable bonds is 8. The molecule has 0 aromatic heterocycles. The zero-order valence-electron chi connectivity index (χ0n) is 13.0. The highest BCUT2D eigenvalue weighted by Gasteiger charge is 2.03. The average Bonchev–Trinajstić information content (AvgIpc) is 2.45. The highest BCUT2D eigenvalue weighted by atomic mass is 127. The smallest absolute Gasteiger partial charge is 0.191 e. The van der Waals surface area contributed by atoms with E-state index in [1.54, 1.807) is 13.2 Å². The van der Waals surface area contributed by atoms with Crippen molar-refractivity contribution in [3.63, 3.8) is 0 Å². The molecule has 4 nitrogen and oxygen atoms in total. The second-order valence-electron chi connectivity index (χ2n) is 4.52. The number of ether oxygens (including phenoxy) is 1. The van der Waals surface area contributed by atoms with Crippen molar-refractivity contribution in [3.05, 3.63) is 34.6 Å². The molecule has 0 spiro atoms. The van der Waals surface area contributed by atoms with Gasteiger partial charge in [0, 0.05) is 38.4 Å². The molecule has 1 aromatic carbocycles. The van der Waals surface area contributed by atoms with Crippen LogP contribution in [0.15, 0.2) is 23.2 Å². The molecular weight excluding hydrogens is 420 g/mol. The Labute approximate surface area is 153 Å². The first-order valence-electron chi connectivity index (χ1n) is 7.12. The number of hydrogen-bond donors (Lipinski definition) is 2. The highest BCUT2D eigenvalue weighted by molar-refractivity contribution is 14.0. The van der Waals surface area contributed by atoms with Crippen molar-refractivity contribution in [1.29, 1.82) is 0 Å². The lowest BCUT2D eigenvalue weighted by atomic mass is 10.1. The van der Waals surface area contributed by atoms with Gasteiger partial charge in [0.05, 0.1) is 0 Å². The number of halogens is 3. The van der Waals surface area contributed by atoms with E-state index in [0.29, 0.717) is 31.1 Å². The molecular formula is C15H24ClFIN3O. The fourth-order valence-corrected chi connectivity index (χ4v) is 2.04. The van der Waals surface area contributed by atoms with Gasteiger partial charge in [-0.1, -0.05) is 17.7 Å². The number of methoxy groups -OCH3 is 1. The Morgan fingerprint density at radius 2 is 2.14 bits per heavy atom. The van der Waals surface area contributed by atoms with E-state index in [9.17, 15) is 4.39 Å². The predicted molar refractivity (Wildman–Crippen MR) is 101 cm³/mol. The minimum absolute atomic E-state index is 0. The van der Waals surface area contributed by atoms with Crippen molar-refractivity contribution in [2.45, 2.75) is 19.8 Å². The molecule has 7 heteroatoms. The van der Waals surface area contributed by atoms with Crippen LogP contribution in [0.2, 0.25) is 5.02 Å². The molecule has 0 aliphatic rings. The summed E-state index contributed by atoms with van der Waals surface area (Å²) < 4.78 is 18.0. The van der Waals surface area contributed by atoms with Crippen molar-refractivity contribution in [1.82, 2.24) is 10.6 Å². The van der Waals surface area contributed by atoms with Crippen LogP contribution in [-0.2, 0) is 11.2 Å². The molecule has 0 aliphatic carbocycles. The van der Waals surface area contributed by atoms with Crippen LogP contribution >= 0.6 is 35.6 Å². The van der Waals surface area contributed by atoms with Gasteiger partial charge in [-0.05, 0) is 37.5 Å². The molecule has 0 fully saturated rings. The Hall–Kier alpha value is -0.600. The zero-order chi connectivity index (χ0) is 15.5. The van der Waals surface area contributed by atoms with Gasteiger partial charge in [0.15, 0.2) is 5.96 Å². The second kappa shape index (κ2) is 12.9. The van der Waals surface area contributed by atoms with E-state index < -0.39 is 0 Å². The van der Waals surface area contributed by atoms with Crippen molar-refractivity contribution in [2.24, 2.45) is 4.99 Å². The van der Waals surface area contributed by atoms with Crippen molar-refractivity contribution >= 4 is 41.5 Å². The van der Waals surface area contributed by atoms with E-state index in [2.05, 4.69) is 15.6 Å². The Bertz CT molecular complexity index is 460. The monoisotopic (exact) mass is 443 g/mol. The second-order valence-corrected chi connectivity index (χ2v) is 4.93. The molecule has 0 atom stereocenters. The summed E-state index contributed by atoms with van der Waals surface area (Å²) in [5.74, 6) is 0.455. The van der Waals surface area contributed by atoms with E-state index in [0.717, 1.165) is 24.5 Å². The fourth-order valence-electron chi connectivity index (χ4n) is 1.78. The first kappa shape index (κ1) is 21.4. The van der Waals surface area contributed by atoms with Crippen molar-refractivity contribution < 1.29 is 9.13 Å². The molecule has 0 heterocycles. The summed E-state index contributed by atoms with van der Waals surface area (Å²) >= 11 is 6.00. The zero-order valence-corrected chi connectivity index (χ0v) is 16.1. The standard InChI is InChI=1S/C15H23ClFN3O.HI/c1-3-18-15(19-8-4-10-21-2)20-9-7-12-5-6-13(17)11-14(12)16;/h5-6,11H,3-4,7-10H2,1-2H3,(H2,18,19,20);1H. The number of nitrogens with one attached hydrogen (secondary N) is 2. The molecule has 126 valence electrons. The van der Waals surface area contributed by atoms with Crippen LogP contribution in [0.1, 0.15) is 18.9 Å². The van der Waals surface area contributed by atoms with Gasteiger partial charge in [-0.2, -0.15) is 0 Å². The topological polar surface area (TPSA) is 45.7 Å². The third kappa shape index (κ3) is 8.75. The molecule has 0 saturated carbocycles. The SMILES string of the molecule is CCNC(=NCCCOC)NCCc1ccc(F)cc1Cl.I. The summed E-state index contributed by atoms with van der Waals surface area (Å²) in [5, 5.41) is 6.87. The number of guanidine groups is 1. The van der Waals surface area contributed by atoms with Crippen LogP contribution in [0.3, 0.4) is 0 Å². The third-order valence-corrected chi connectivity index (χ3v) is 3.17. The Morgan fingerprint density at radius 3 is 2.77 bits per heavy atom. The van der Waals surface area contributed by atoms with Crippen LogP contribution in [0.5, 0.6) is 0 Å². The summed E-state index contributed by atoms with van der Waals surface area (Å²) in [7, 11) is 1.68. The molecule has 0 amide bonds. The molecule has 0 bridgehead atoms. The van der Waals surface area contributed by atoms with E-state index in [-0.39, 0.29) is 29.8 Å². The van der Waals surface area contributed by atoms with Gasteiger partial charge < -0.3 is 15.4 Å². The van der Waals surface area contributed by atoms with Gasteiger partial charge in [-0.3, -0.25) is 4.99 Å². The van der Waals surface area contributed by atoms with Gasteiger partial charge in [0.2, 0.25) is 0 Å². The van der Waals surface area contributed by atoms with E-state index in [4.69, 9.17) is 16.3 Å². The largest absolute Gasteiger partial charge is 0.385 e. The molecule has 0 unspecified atom stereocenters. The maximum atomic E-state index is 13.0. The lowest BCUT2D eigenvalue weighted by Crippen LogP contribution is -2.38. The molecule has 0 radical (unpaired) electrons. The van der Waals surface area contributed by atoms with E-state index >= 15 is 0 Å². The maximum Gasteiger partial charge on any atom is 0.191 e. The molecule has 0 saturated heterocycles. The van der Waals surface area contributed by atoms with Gasteiger partial charge in [0.1, 0.15) is 5.82 Å². The fraction of sp³-hybridized carbons (Fsp3) is 0.533. The quantitative estimate of drug-likeness (QED) is 0.281. The van der Waals surface area contributed by atoms with Gasteiger partial charge in [-0.25, -0.2) is 4.39 Å². The normalized spacial score (nSPS) is 11.0. The number of benzene rings is 1. The van der Waals surface area contributed by atoms with Gasteiger partial charge in [-0.15, -0.1) is 24.0 Å². The van der Waals surface area contributed by atoms with Crippen molar-refractivity contribution in [3.8, 4) is 0 Å². The number of aliphatic imine (C=N–C) groups is 1. The molecule has 22 heavy (non-hydrogen) atoms. The lowest BCUT2D eigenvalue weighted by Gasteiger charge is -2.11. The summed E-state index contributed by atoms with van der Waals surface area (Å²) in [6.45, 7) is 4.91. The highest BCUT2D eigenvalue weighted by Crippen LogP contribution is 2.17. The van der Waals surface area contributed by atoms with Crippen LogP contribution in [0, 0.1) is 5.82 Å². The maximum absolute atomic E-state index is 13.0.